The van der Waals surface area contributed by atoms with Gasteiger partial charge in [0.05, 0.1) is 12.6 Å². The average molecular weight is 251 g/mol. The molecular formula is C15H25NO2. The van der Waals surface area contributed by atoms with E-state index in [2.05, 4.69) is 36.4 Å². The Morgan fingerprint density at radius 1 is 1.44 bits per heavy atom. The molecule has 0 aliphatic heterocycles. The van der Waals surface area contributed by atoms with E-state index in [1.165, 1.54) is 12.5 Å². The molecule has 102 valence electrons. The molecule has 1 atom stereocenters. The van der Waals surface area contributed by atoms with Crippen LogP contribution >= 0.6 is 0 Å². The largest absolute Gasteiger partial charge is 0.394 e. The lowest BCUT2D eigenvalue weighted by Gasteiger charge is -2.16. The molecule has 0 aromatic rings. The quantitative estimate of drug-likeness (QED) is 0.754. The lowest BCUT2D eigenvalue weighted by molar-refractivity contribution is -0.119. The first-order chi connectivity index (χ1) is 8.72. The van der Waals surface area contributed by atoms with Crippen molar-refractivity contribution in [3.8, 4) is 12.8 Å². The minimum atomic E-state index is -0.151. The molecule has 0 saturated heterocycles. The highest BCUT2D eigenvalue weighted by molar-refractivity contribution is 5.73. The Morgan fingerprint density at radius 2 is 2.06 bits per heavy atom. The first-order valence-electron chi connectivity index (χ1n) is 6.29. The molecule has 0 fully saturated rings. The second kappa shape index (κ2) is 13.5. The van der Waals surface area contributed by atoms with E-state index in [9.17, 15) is 4.79 Å². The van der Waals surface area contributed by atoms with Crippen LogP contribution in [0, 0.1) is 12.8 Å². The molecule has 0 aromatic carbocycles. The average Bonchev–Trinajstić information content (AvgIpc) is 2.43. The van der Waals surface area contributed by atoms with E-state index in [4.69, 9.17) is 5.11 Å². The normalized spacial score (nSPS) is 14.0. The number of hydrogen-bond donors (Lipinski definition) is 2. The van der Waals surface area contributed by atoms with Gasteiger partial charge < -0.3 is 10.4 Å². The van der Waals surface area contributed by atoms with Crippen LogP contribution in [-0.2, 0) is 4.79 Å². The minimum Gasteiger partial charge on any atom is -0.394 e. The highest BCUT2D eigenvalue weighted by atomic mass is 16.3. The molecule has 3 heteroatoms. The number of aliphatic hydroxyl groups is 1. The van der Waals surface area contributed by atoms with Crippen LogP contribution in [0.25, 0.3) is 0 Å². The van der Waals surface area contributed by atoms with Crippen molar-refractivity contribution < 1.29 is 9.90 Å². The number of carbonyl (C=O) groups is 1. The van der Waals surface area contributed by atoms with Gasteiger partial charge in [-0.05, 0) is 19.3 Å². The molecule has 3 nitrogen and oxygen atoms in total. The van der Waals surface area contributed by atoms with Gasteiger partial charge in [-0.15, -0.1) is 12.8 Å². The summed E-state index contributed by atoms with van der Waals surface area (Å²) in [5.74, 6) is -0.0931. The van der Waals surface area contributed by atoms with Gasteiger partial charge in [0.1, 0.15) is 0 Å². The number of hydrogen-bond acceptors (Lipinski definition) is 2. The van der Waals surface area contributed by atoms with E-state index in [-0.39, 0.29) is 18.6 Å². The standard InChI is InChI=1S/C11H17NO2.C2H6.C2H2/c1-9(14)12-11(8-13)7-10-5-3-2-4-6-10;2*1-2/h3,5-6,11,13H,2,4,7-8H2,1H3,(H,12,14);1-2H3;1-2H. The molecule has 18 heavy (non-hydrogen) atoms. The number of allylic oxidation sites excluding steroid dienone is 3. The van der Waals surface area contributed by atoms with E-state index in [1.54, 1.807) is 0 Å². The summed E-state index contributed by atoms with van der Waals surface area (Å²) in [5, 5.41) is 11.8. The summed E-state index contributed by atoms with van der Waals surface area (Å²) in [6.45, 7) is 5.46. The molecule has 0 bridgehead atoms. The minimum absolute atomic E-state index is 0.00917. The molecule has 1 rings (SSSR count). The van der Waals surface area contributed by atoms with Crippen molar-refractivity contribution in [3.05, 3.63) is 23.8 Å². The fraction of sp³-hybridized carbons (Fsp3) is 0.533. The molecule has 0 spiro atoms. The lowest BCUT2D eigenvalue weighted by Crippen LogP contribution is -2.36. The van der Waals surface area contributed by atoms with Crippen LogP contribution in [0.5, 0.6) is 0 Å². The number of aliphatic hydroxyl groups excluding tert-OH is 1. The smallest absolute Gasteiger partial charge is 0.217 e. The van der Waals surface area contributed by atoms with Crippen molar-refractivity contribution in [1.82, 2.24) is 5.32 Å². The molecule has 0 aromatic heterocycles. The Hall–Kier alpha value is -1.53. The summed E-state index contributed by atoms with van der Waals surface area (Å²) in [6.07, 6.45) is 17.2. The van der Waals surface area contributed by atoms with Gasteiger partial charge in [0.2, 0.25) is 5.91 Å². The molecule has 0 saturated carbocycles. The van der Waals surface area contributed by atoms with Gasteiger partial charge in [-0.3, -0.25) is 4.79 Å². The maximum absolute atomic E-state index is 10.8. The predicted molar refractivity (Wildman–Crippen MR) is 77.0 cm³/mol. The van der Waals surface area contributed by atoms with Crippen molar-refractivity contribution in [3.63, 3.8) is 0 Å². The zero-order chi connectivity index (χ0) is 14.4. The maximum Gasteiger partial charge on any atom is 0.217 e. The van der Waals surface area contributed by atoms with Gasteiger partial charge >= 0.3 is 0 Å². The van der Waals surface area contributed by atoms with Crippen LogP contribution in [0.15, 0.2) is 23.8 Å². The van der Waals surface area contributed by atoms with E-state index in [0.29, 0.717) is 6.42 Å². The Kier molecular flexibility index (Phi) is 14.2. The van der Waals surface area contributed by atoms with Gasteiger partial charge in [0.25, 0.3) is 0 Å². The highest BCUT2D eigenvalue weighted by Gasteiger charge is 2.10. The summed E-state index contributed by atoms with van der Waals surface area (Å²) < 4.78 is 0. The molecule has 0 heterocycles. The Morgan fingerprint density at radius 3 is 2.44 bits per heavy atom. The Bertz CT molecular complexity index is 290. The van der Waals surface area contributed by atoms with Gasteiger partial charge in [-0.1, -0.05) is 37.6 Å². The van der Waals surface area contributed by atoms with Crippen LogP contribution in [0.2, 0.25) is 0 Å². The molecule has 1 aliphatic rings. The molecule has 1 amide bonds. The van der Waals surface area contributed by atoms with Crippen LogP contribution in [0.4, 0.5) is 0 Å². The molecular weight excluding hydrogens is 226 g/mol. The van der Waals surface area contributed by atoms with Crippen molar-refractivity contribution >= 4 is 5.91 Å². The van der Waals surface area contributed by atoms with Crippen LogP contribution in [0.1, 0.15) is 40.0 Å². The number of rotatable bonds is 4. The number of nitrogens with one attached hydrogen (secondary N) is 1. The topological polar surface area (TPSA) is 49.3 Å². The van der Waals surface area contributed by atoms with Crippen molar-refractivity contribution in [2.45, 2.75) is 46.1 Å². The summed E-state index contributed by atoms with van der Waals surface area (Å²) >= 11 is 0. The zero-order valence-electron chi connectivity index (χ0n) is 11.6. The van der Waals surface area contributed by atoms with E-state index >= 15 is 0 Å². The zero-order valence-corrected chi connectivity index (χ0v) is 11.6. The second-order valence-electron chi connectivity index (χ2n) is 3.54. The number of carbonyl (C=O) groups excluding carboxylic acids is 1. The van der Waals surface area contributed by atoms with E-state index < -0.39 is 0 Å². The number of terminal acetylenes is 1. The predicted octanol–water partition coefficient (Wildman–Crippen LogP) is 2.43. The monoisotopic (exact) mass is 251 g/mol. The van der Waals surface area contributed by atoms with Crippen LogP contribution < -0.4 is 5.32 Å². The van der Waals surface area contributed by atoms with Crippen LogP contribution in [0.3, 0.4) is 0 Å². The second-order valence-corrected chi connectivity index (χ2v) is 3.54. The summed E-state index contributed by atoms with van der Waals surface area (Å²) in [6, 6.07) is -0.151. The third kappa shape index (κ3) is 9.68. The third-order valence-electron chi connectivity index (χ3n) is 2.18. The SMILES string of the molecule is C#C.CC.CC(=O)NC(CO)CC1=CCCC=C1. The van der Waals surface area contributed by atoms with E-state index in [1.807, 2.05) is 13.8 Å². The maximum atomic E-state index is 10.8. The Balaban J connectivity index is 0. The summed E-state index contributed by atoms with van der Waals surface area (Å²) in [4.78, 5) is 10.8. The van der Waals surface area contributed by atoms with Gasteiger partial charge in [-0.2, -0.15) is 0 Å². The fourth-order valence-electron chi connectivity index (χ4n) is 1.55. The lowest BCUT2D eigenvalue weighted by atomic mass is 10.0. The summed E-state index contributed by atoms with van der Waals surface area (Å²) in [5.41, 5.74) is 1.20. The first-order valence-corrected chi connectivity index (χ1v) is 6.29. The third-order valence-corrected chi connectivity index (χ3v) is 2.18. The van der Waals surface area contributed by atoms with Crippen LogP contribution in [-0.4, -0.2) is 23.7 Å². The van der Waals surface area contributed by atoms with Gasteiger partial charge in [0, 0.05) is 6.92 Å². The molecule has 1 unspecified atom stereocenters. The first kappa shape index (κ1) is 18.8. The number of amides is 1. The molecule has 0 radical (unpaired) electrons. The van der Waals surface area contributed by atoms with Gasteiger partial charge in [0.15, 0.2) is 0 Å². The van der Waals surface area contributed by atoms with Crippen molar-refractivity contribution in [2.24, 2.45) is 0 Å². The van der Waals surface area contributed by atoms with Crippen molar-refractivity contribution in [1.29, 1.82) is 0 Å². The Labute approximate surface area is 111 Å². The molecule has 1 aliphatic carbocycles. The highest BCUT2D eigenvalue weighted by Crippen LogP contribution is 2.14. The fourth-order valence-corrected chi connectivity index (χ4v) is 1.55. The van der Waals surface area contributed by atoms with E-state index in [0.717, 1.165) is 12.8 Å². The van der Waals surface area contributed by atoms with Gasteiger partial charge in [-0.25, -0.2) is 0 Å². The van der Waals surface area contributed by atoms with Crippen molar-refractivity contribution in [2.75, 3.05) is 6.61 Å². The molecule has 2 N–H and O–H groups in total. The summed E-state index contributed by atoms with van der Waals surface area (Å²) in [7, 11) is 0.